The van der Waals surface area contributed by atoms with Crippen LogP contribution in [0.15, 0.2) is 18.2 Å². The predicted molar refractivity (Wildman–Crippen MR) is 71.5 cm³/mol. The Bertz CT molecular complexity index is 501. The van der Waals surface area contributed by atoms with E-state index in [2.05, 4.69) is 10.6 Å². The molecule has 0 aromatic heterocycles. The van der Waals surface area contributed by atoms with Crippen molar-refractivity contribution >= 4 is 23.2 Å². The predicted octanol–water partition coefficient (Wildman–Crippen LogP) is 2.56. The number of rotatable bonds is 2. The molecular weight excluding hydrogens is 228 g/mol. The molecule has 1 aliphatic rings. The Labute approximate surface area is 107 Å². The highest BCUT2D eigenvalue weighted by molar-refractivity contribution is 6.00. The van der Waals surface area contributed by atoms with Gasteiger partial charge in [0.15, 0.2) is 0 Å². The maximum Gasteiger partial charge on any atom is 0.228 e. The summed E-state index contributed by atoms with van der Waals surface area (Å²) in [5, 5.41) is 5.63. The fourth-order valence-electron chi connectivity index (χ4n) is 1.99. The van der Waals surface area contributed by atoms with Crippen molar-refractivity contribution in [3.05, 3.63) is 23.8 Å². The second-order valence-electron chi connectivity index (χ2n) is 5.88. The topological polar surface area (TPSA) is 58.2 Å². The molecular formula is C14H18N2O2. The molecule has 0 unspecified atom stereocenters. The Kier molecular flexibility index (Phi) is 3.11. The van der Waals surface area contributed by atoms with Crippen LogP contribution in [0.2, 0.25) is 0 Å². The smallest absolute Gasteiger partial charge is 0.228 e. The van der Waals surface area contributed by atoms with Gasteiger partial charge in [-0.3, -0.25) is 9.59 Å². The van der Waals surface area contributed by atoms with Crippen molar-refractivity contribution < 1.29 is 9.59 Å². The van der Waals surface area contributed by atoms with Crippen molar-refractivity contribution in [2.24, 2.45) is 5.41 Å². The quantitative estimate of drug-likeness (QED) is 0.842. The molecule has 0 bridgehead atoms. The van der Waals surface area contributed by atoms with Crippen LogP contribution < -0.4 is 10.6 Å². The number of carbonyl (C=O) groups is 2. The van der Waals surface area contributed by atoms with Gasteiger partial charge in [0.1, 0.15) is 0 Å². The Balaban J connectivity index is 2.05. The Morgan fingerprint density at radius 1 is 1.39 bits per heavy atom. The van der Waals surface area contributed by atoms with Crippen LogP contribution in [-0.4, -0.2) is 11.8 Å². The largest absolute Gasteiger partial charge is 0.326 e. The van der Waals surface area contributed by atoms with Crippen LogP contribution in [0, 0.1) is 5.41 Å². The van der Waals surface area contributed by atoms with Crippen LogP contribution in [-0.2, 0) is 16.0 Å². The highest BCUT2D eigenvalue weighted by Gasteiger charge is 2.19. The van der Waals surface area contributed by atoms with E-state index in [1.807, 2.05) is 39.0 Å². The summed E-state index contributed by atoms with van der Waals surface area (Å²) in [6.45, 7) is 6.08. The minimum absolute atomic E-state index is 0.000248. The molecule has 2 N–H and O–H groups in total. The summed E-state index contributed by atoms with van der Waals surface area (Å²) in [5.74, 6) is 0.00269. The van der Waals surface area contributed by atoms with E-state index < -0.39 is 0 Å². The molecule has 0 radical (unpaired) electrons. The minimum atomic E-state index is -0.0294. The maximum absolute atomic E-state index is 11.8. The summed E-state index contributed by atoms with van der Waals surface area (Å²) in [4.78, 5) is 23.0. The number of hydrogen-bond acceptors (Lipinski definition) is 2. The van der Waals surface area contributed by atoms with E-state index >= 15 is 0 Å². The molecule has 4 heteroatoms. The summed E-state index contributed by atoms with van der Waals surface area (Å²) >= 11 is 0. The number of carbonyl (C=O) groups excluding carboxylic acids is 2. The SMILES string of the molecule is CC(C)(C)CC(=O)Nc1ccc2c(c1)CC(=O)N2. The lowest BCUT2D eigenvalue weighted by Crippen LogP contribution is -2.19. The van der Waals surface area contributed by atoms with Gasteiger partial charge in [0.25, 0.3) is 0 Å². The Morgan fingerprint density at radius 2 is 2.11 bits per heavy atom. The summed E-state index contributed by atoms with van der Waals surface area (Å²) in [5.41, 5.74) is 2.50. The molecule has 0 fully saturated rings. The fourth-order valence-corrected chi connectivity index (χ4v) is 1.99. The lowest BCUT2D eigenvalue weighted by atomic mass is 9.92. The standard InChI is InChI=1S/C14H18N2O2/c1-14(2,3)8-13(18)15-10-4-5-11-9(6-10)7-12(17)16-11/h4-6H,7-8H2,1-3H3,(H,15,18)(H,16,17). The molecule has 4 nitrogen and oxygen atoms in total. The first-order valence-electron chi connectivity index (χ1n) is 6.06. The summed E-state index contributed by atoms with van der Waals surface area (Å²) in [7, 11) is 0. The first-order chi connectivity index (χ1) is 8.33. The Morgan fingerprint density at radius 3 is 2.78 bits per heavy atom. The van der Waals surface area contributed by atoms with E-state index in [0.717, 1.165) is 16.9 Å². The second kappa shape index (κ2) is 4.44. The molecule has 96 valence electrons. The van der Waals surface area contributed by atoms with E-state index in [-0.39, 0.29) is 17.2 Å². The third-order valence-corrected chi connectivity index (χ3v) is 2.70. The molecule has 0 saturated heterocycles. The molecule has 18 heavy (non-hydrogen) atoms. The first-order valence-corrected chi connectivity index (χ1v) is 6.06. The number of fused-ring (bicyclic) bond motifs is 1. The fraction of sp³-hybridized carbons (Fsp3) is 0.429. The average Bonchev–Trinajstić information content (AvgIpc) is 2.53. The highest BCUT2D eigenvalue weighted by atomic mass is 16.2. The van der Waals surface area contributed by atoms with E-state index in [9.17, 15) is 9.59 Å². The zero-order chi connectivity index (χ0) is 13.3. The van der Waals surface area contributed by atoms with Gasteiger partial charge in [-0.1, -0.05) is 20.8 Å². The summed E-state index contributed by atoms with van der Waals surface area (Å²) < 4.78 is 0. The zero-order valence-electron chi connectivity index (χ0n) is 11.0. The van der Waals surface area contributed by atoms with Gasteiger partial charge in [0.2, 0.25) is 11.8 Å². The van der Waals surface area contributed by atoms with Crippen molar-refractivity contribution in [3.8, 4) is 0 Å². The molecule has 1 heterocycles. The molecule has 2 rings (SSSR count). The normalized spacial score (nSPS) is 14.1. The van der Waals surface area contributed by atoms with Gasteiger partial charge in [0.05, 0.1) is 6.42 Å². The van der Waals surface area contributed by atoms with Crippen LogP contribution in [0.1, 0.15) is 32.8 Å². The monoisotopic (exact) mass is 246 g/mol. The van der Waals surface area contributed by atoms with Crippen molar-refractivity contribution in [1.29, 1.82) is 0 Å². The van der Waals surface area contributed by atoms with E-state index in [1.165, 1.54) is 0 Å². The lowest BCUT2D eigenvalue weighted by molar-refractivity contribution is -0.118. The van der Waals surface area contributed by atoms with Crippen molar-refractivity contribution in [2.45, 2.75) is 33.6 Å². The first kappa shape index (κ1) is 12.6. The molecule has 0 spiro atoms. The molecule has 1 aromatic rings. The van der Waals surface area contributed by atoms with E-state index in [1.54, 1.807) is 0 Å². The Hall–Kier alpha value is -1.84. The zero-order valence-corrected chi connectivity index (χ0v) is 11.0. The van der Waals surface area contributed by atoms with Crippen LogP contribution in [0.4, 0.5) is 11.4 Å². The third kappa shape index (κ3) is 3.09. The van der Waals surface area contributed by atoms with Gasteiger partial charge < -0.3 is 10.6 Å². The molecule has 1 aliphatic heterocycles. The van der Waals surface area contributed by atoms with E-state index in [0.29, 0.717) is 12.8 Å². The van der Waals surface area contributed by atoms with Gasteiger partial charge in [-0.25, -0.2) is 0 Å². The highest BCUT2D eigenvalue weighted by Crippen LogP contribution is 2.26. The van der Waals surface area contributed by atoms with Crippen LogP contribution in [0.5, 0.6) is 0 Å². The van der Waals surface area contributed by atoms with Crippen molar-refractivity contribution in [2.75, 3.05) is 10.6 Å². The van der Waals surface area contributed by atoms with Crippen LogP contribution in [0.25, 0.3) is 0 Å². The van der Waals surface area contributed by atoms with Crippen LogP contribution >= 0.6 is 0 Å². The maximum atomic E-state index is 11.8. The lowest BCUT2D eigenvalue weighted by Gasteiger charge is -2.17. The number of amides is 2. The minimum Gasteiger partial charge on any atom is -0.326 e. The van der Waals surface area contributed by atoms with Gasteiger partial charge >= 0.3 is 0 Å². The van der Waals surface area contributed by atoms with Gasteiger partial charge in [-0.15, -0.1) is 0 Å². The number of nitrogens with one attached hydrogen (secondary N) is 2. The molecule has 0 atom stereocenters. The van der Waals surface area contributed by atoms with E-state index in [4.69, 9.17) is 0 Å². The molecule has 1 aromatic carbocycles. The number of anilines is 2. The molecule has 0 aliphatic carbocycles. The van der Waals surface area contributed by atoms with Gasteiger partial charge in [-0.2, -0.15) is 0 Å². The van der Waals surface area contributed by atoms with Gasteiger partial charge in [0, 0.05) is 17.8 Å². The second-order valence-corrected chi connectivity index (χ2v) is 5.88. The molecule has 0 saturated carbocycles. The van der Waals surface area contributed by atoms with Crippen molar-refractivity contribution in [1.82, 2.24) is 0 Å². The number of benzene rings is 1. The average molecular weight is 246 g/mol. The molecule has 2 amide bonds. The third-order valence-electron chi connectivity index (χ3n) is 2.70. The van der Waals surface area contributed by atoms with Gasteiger partial charge in [-0.05, 0) is 29.2 Å². The number of hydrogen-bond donors (Lipinski definition) is 2. The summed E-state index contributed by atoms with van der Waals surface area (Å²) in [6, 6.07) is 5.49. The summed E-state index contributed by atoms with van der Waals surface area (Å²) in [6.07, 6.45) is 0.861. The van der Waals surface area contributed by atoms with Crippen LogP contribution in [0.3, 0.4) is 0 Å². The van der Waals surface area contributed by atoms with Crippen molar-refractivity contribution in [3.63, 3.8) is 0 Å².